The number of benzene rings is 1. The van der Waals surface area contributed by atoms with Gasteiger partial charge >= 0.3 is 0 Å². The normalized spacial score (nSPS) is 12.1. The molecular weight excluding hydrogens is 202 g/mol. The summed E-state index contributed by atoms with van der Waals surface area (Å²) >= 11 is 0. The number of rotatable bonds is 3. The lowest BCUT2D eigenvalue weighted by Crippen LogP contribution is -2.12. The smallest absolute Gasteiger partial charge is 0.153 e. The monoisotopic (exact) mass is 213 g/mol. The number of furan rings is 1. The fourth-order valence-corrected chi connectivity index (χ4v) is 1.18. The zero-order chi connectivity index (χ0) is 11.2. The van der Waals surface area contributed by atoms with Crippen LogP contribution >= 0.6 is 0 Å². The summed E-state index contributed by atoms with van der Waals surface area (Å²) < 4.78 is 5.06. The van der Waals surface area contributed by atoms with Crippen molar-refractivity contribution >= 4 is 12.1 Å². The van der Waals surface area contributed by atoms with E-state index in [9.17, 15) is 0 Å². The van der Waals surface area contributed by atoms with E-state index in [1.165, 1.54) is 6.21 Å². The Morgan fingerprint density at radius 1 is 1.12 bits per heavy atom. The molecule has 0 aliphatic rings. The van der Waals surface area contributed by atoms with Gasteiger partial charge in [-0.2, -0.15) is 5.10 Å². The summed E-state index contributed by atoms with van der Waals surface area (Å²) in [4.78, 5) is 0. The van der Waals surface area contributed by atoms with Gasteiger partial charge in [0.25, 0.3) is 0 Å². The van der Waals surface area contributed by atoms with Gasteiger partial charge in [-0.3, -0.25) is 0 Å². The molecule has 0 atom stereocenters. The van der Waals surface area contributed by atoms with Gasteiger partial charge in [0.1, 0.15) is 5.76 Å². The van der Waals surface area contributed by atoms with Crippen LogP contribution in [0.15, 0.2) is 63.3 Å². The average molecular weight is 213 g/mol. The topological polar surface area (TPSA) is 63.9 Å². The fraction of sp³-hybridized carbons (Fsp3) is 0. The summed E-state index contributed by atoms with van der Waals surface area (Å²) in [6.07, 6.45) is 3.08. The fourth-order valence-electron chi connectivity index (χ4n) is 1.18. The molecule has 1 aromatic heterocycles. The van der Waals surface area contributed by atoms with E-state index in [0.29, 0.717) is 11.6 Å². The van der Waals surface area contributed by atoms with E-state index in [0.717, 1.165) is 5.56 Å². The van der Waals surface area contributed by atoms with Gasteiger partial charge in [0.2, 0.25) is 0 Å². The van der Waals surface area contributed by atoms with Gasteiger partial charge in [-0.1, -0.05) is 30.3 Å². The van der Waals surface area contributed by atoms with E-state index in [2.05, 4.69) is 10.2 Å². The molecule has 0 spiro atoms. The van der Waals surface area contributed by atoms with Crippen molar-refractivity contribution in [3.63, 3.8) is 0 Å². The molecule has 0 unspecified atom stereocenters. The van der Waals surface area contributed by atoms with Crippen molar-refractivity contribution in [2.45, 2.75) is 0 Å². The minimum absolute atomic E-state index is 0.378. The molecule has 2 aromatic rings. The van der Waals surface area contributed by atoms with Crippen LogP contribution in [0.25, 0.3) is 0 Å². The summed E-state index contributed by atoms with van der Waals surface area (Å²) in [7, 11) is 0. The molecule has 4 nitrogen and oxygen atoms in total. The molecule has 0 aliphatic carbocycles. The van der Waals surface area contributed by atoms with Crippen molar-refractivity contribution < 1.29 is 4.42 Å². The van der Waals surface area contributed by atoms with Crippen LogP contribution in [-0.2, 0) is 0 Å². The van der Waals surface area contributed by atoms with Crippen LogP contribution in [0.1, 0.15) is 11.3 Å². The lowest BCUT2D eigenvalue weighted by atomic mass is 10.2. The maximum absolute atomic E-state index is 5.74. The Balaban J connectivity index is 2.08. The van der Waals surface area contributed by atoms with Crippen LogP contribution in [0.5, 0.6) is 0 Å². The number of hydrogen-bond acceptors (Lipinski definition) is 3. The zero-order valence-electron chi connectivity index (χ0n) is 8.58. The number of nitrogens with zero attached hydrogens (tertiary/aromatic N) is 2. The Bertz CT molecular complexity index is 486. The van der Waals surface area contributed by atoms with Gasteiger partial charge in [-0.25, -0.2) is 0 Å². The Kier molecular flexibility index (Phi) is 3.13. The highest BCUT2D eigenvalue weighted by molar-refractivity contribution is 5.97. The molecule has 1 aromatic carbocycles. The van der Waals surface area contributed by atoms with Crippen molar-refractivity contribution in [1.29, 1.82) is 0 Å². The summed E-state index contributed by atoms with van der Waals surface area (Å²) in [5.41, 5.74) is 6.59. The Hall–Kier alpha value is -2.36. The lowest BCUT2D eigenvalue weighted by Gasteiger charge is -1.95. The second kappa shape index (κ2) is 4.93. The van der Waals surface area contributed by atoms with E-state index in [1.54, 1.807) is 18.4 Å². The van der Waals surface area contributed by atoms with Crippen LogP contribution in [0.4, 0.5) is 0 Å². The van der Waals surface area contributed by atoms with E-state index >= 15 is 0 Å². The van der Waals surface area contributed by atoms with Crippen molar-refractivity contribution in [1.82, 2.24) is 0 Å². The second-order valence-electron chi connectivity index (χ2n) is 3.11. The minimum atomic E-state index is 0.378. The Morgan fingerprint density at radius 2 is 1.94 bits per heavy atom. The standard InChI is InChI=1S/C12H11N3O/c13-12(10-5-2-1-3-6-10)15-14-9-11-7-4-8-16-11/h1-9H,(H2,13,15). The first kappa shape index (κ1) is 10.2. The van der Waals surface area contributed by atoms with Gasteiger partial charge in [0.15, 0.2) is 5.84 Å². The van der Waals surface area contributed by atoms with Crippen molar-refractivity contribution in [2.24, 2.45) is 15.9 Å². The highest BCUT2D eigenvalue weighted by Crippen LogP contribution is 1.99. The third kappa shape index (κ3) is 2.57. The molecule has 4 heteroatoms. The molecule has 0 radical (unpaired) electrons. The Morgan fingerprint density at radius 3 is 2.62 bits per heavy atom. The second-order valence-corrected chi connectivity index (χ2v) is 3.11. The molecule has 1 heterocycles. The van der Waals surface area contributed by atoms with Crippen molar-refractivity contribution in [3.05, 3.63) is 60.1 Å². The summed E-state index contributed by atoms with van der Waals surface area (Å²) in [6, 6.07) is 13.0. The van der Waals surface area contributed by atoms with Crippen molar-refractivity contribution in [2.75, 3.05) is 0 Å². The molecule has 80 valence electrons. The van der Waals surface area contributed by atoms with Gasteiger partial charge < -0.3 is 10.2 Å². The minimum Gasteiger partial charge on any atom is -0.463 e. The van der Waals surface area contributed by atoms with Crippen LogP contribution in [0.3, 0.4) is 0 Å². The molecule has 0 fully saturated rings. The average Bonchev–Trinajstić information content (AvgIpc) is 2.83. The lowest BCUT2D eigenvalue weighted by molar-refractivity contribution is 0.560. The SMILES string of the molecule is NC(=NN=Cc1ccco1)c1ccccc1. The maximum Gasteiger partial charge on any atom is 0.153 e. The largest absolute Gasteiger partial charge is 0.463 e. The van der Waals surface area contributed by atoms with Crippen LogP contribution in [-0.4, -0.2) is 12.1 Å². The van der Waals surface area contributed by atoms with Crippen LogP contribution < -0.4 is 5.73 Å². The molecule has 0 aliphatic heterocycles. The van der Waals surface area contributed by atoms with Gasteiger partial charge in [-0.15, -0.1) is 5.10 Å². The summed E-state index contributed by atoms with van der Waals surface area (Å²) in [5, 5.41) is 7.71. The Labute approximate surface area is 93.1 Å². The molecule has 2 N–H and O–H groups in total. The molecular formula is C12H11N3O. The number of hydrogen-bond donors (Lipinski definition) is 1. The molecule has 16 heavy (non-hydrogen) atoms. The predicted octanol–water partition coefficient (Wildman–Crippen LogP) is 2.02. The number of nitrogens with two attached hydrogens (primary N) is 1. The van der Waals surface area contributed by atoms with E-state index in [4.69, 9.17) is 10.2 Å². The van der Waals surface area contributed by atoms with Crippen LogP contribution in [0, 0.1) is 0 Å². The summed E-state index contributed by atoms with van der Waals surface area (Å²) in [5.74, 6) is 1.02. The number of amidine groups is 1. The zero-order valence-corrected chi connectivity index (χ0v) is 8.58. The third-order valence-corrected chi connectivity index (χ3v) is 1.96. The first-order valence-corrected chi connectivity index (χ1v) is 4.82. The molecule has 0 amide bonds. The highest BCUT2D eigenvalue weighted by Gasteiger charge is 1.94. The highest BCUT2D eigenvalue weighted by atomic mass is 16.3. The third-order valence-electron chi connectivity index (χ3n) is 1.96. The molecule has 2 rings (SSSR count). The predicted molar refractivity (Wildman–Crippen MR) is 63.5 cm³/mol. The van der Waals surface area contributed by atoms with E-state index in [-0.39, 0.29) is 0 Å². The van der Waals surface area contributed by atoms with E-state index in [1.807, 2.05) is 30.3 Å². The van der Waals surface area contributed by atoms with Crippen LogP contribution in [0.2, 0.25) is 0 Å². The van der Waals surface area contributed by atoms with E-state index < -0.39 is 0 Å². The first-order chi connectivity index (χ1) is 7.86. The van der Waals surface area contributed by atoms with Gasteiger partial charge in [0.05, 0.1) is 12.5 Å². The van der Waals surface area contributed by atoms with Gasteiger partial charge in [-0.05, 0) is 12.1 Å². The molecule has 0 bridgehead atoms. The molecule has 0 saturated heterocycles. The quantitative estimate of drug-likeness (QED) is 0.481. The first-order valence-electron chi connectivity index (χ1n) is 4.82. The maximum atomic E-state index is 5.74. The molecule has 0 saturated carbocycles. The summed E-state index contributed by atoms with van der Waals surface area (Å²) in [6.45, 7) is 0. The van der Waals surface area contributed by atoms with Gasteiger partial charge in [0, 0.05) is 5.56 Å². The van der Waals surface area contributed by atoms with Crippen molar-refractivity contribution in [3.8, 4) is 0 Å².